The molecule has 0 aliphatic heterocycles. The summed E-state index contributed by atoms with van der Waals surface area (Å²) in [5.74, 6) is 0.942. The number of methoxy groups -OCH3 is 1. The summed E-state index contributed by atoms with van der Waals surface area (Å²) in [5.41, 5.74) is 0.496. The Kier molecular flexibility index (Phi) is 4.39. The van der Waals surface area contributed by atoms with Gasteiger partial charge in [0.15, 0.2) is 5.82 Å². The highest BCUT2D eigenvalue weighted by atomic mass is 32.2. The Morgan fingerprint density at radius 3 is 2.81 bits per heavy atom. The molecule has 7 nitrogen and oxygen atoms in total. The summed E-state index contributed by atoms with van der Waals surface area (Å²) >= 11 is 0. The summed E-state index contributed by atoms with van der Waals surface area (Å²) in [5, 5.41) is 3.68. The van der Waals surface area contributed by atoms with E-state index in [1.165, 1.54) is 25.3 Å². The maximum absolute atomic E-state index is 12.3. The van der Waals surface area contributed by atoms with Crippen molar-refractivity contribution in [2.75, 3.05) is 13.7 Å². The minimum atomic E-state index is -3.72. The van der Waals surface area contributed by atoms with Crippen LogP contribution in [0.25, 0.3) is 11.5 Å². The van der Waals surface area contributed by atoms with Crippen molar-refractivity contribution in [1.29, 1.82) is 0 Å². The van der Waals surface area contributed by atoms with E-state index in [1.807, 2.05) is 0 Å². The fraction of sp³-hybridized carbons (Fsp3) is 0.231. The average molecular weight is 309 g/mol. The molecule has 0 aliphatic rings. The highest BCUT2D eigenvalue weighted by molar-refractivity contribution is 7.89. The van der Waals surface area contributed by atoms with Crippen molar-refractivity contribution in [3.63, 3.8) is 0 Å². The van der Waals surface area contributed by atoms with Gasteiger partial charge in [-0.2, -0.15) is 4.98 Å². The second-order valence-corrected chi connectivity index (χ2v) is 5.89. The van der Waals surface area contributed by atoms with Gasteiger partial charge >= 0.3 is 0 Å². The third-order valence-corrected chi connectivity index (χ3v) is 4.09. The second-order valence-electron chi connectivity index (χ2n) is 4.15. The lowest BCUT2D eigenvalue weighted by atomic mass is 10.2. The van der Waals surface area contributed by atoms with Crippen LogP contribution in [0.15, 0.2) is 40.3 Å². The lowest BCUT2D eigenvalue weighted by Crippen LogP contribution is -2.24. The number of aromatic nitrogens is 2. The molecule has 1 aromatic heterocycles. The van der Waals surface area contributed by atoms with Crippen LogP contribution >= 0.6 is 0 Å². The number of rotatable bonds is 6. The Morgan fingerprint density at radius 1 is 1.48 bits per heavy atom. The second kappa shape index (κ2) is 6.06. The molecular formula is C13H15N3O4S. The van der Waals surface area contributed by atoms with Crippen LogP contribution in [0.3, 0.4) is 0 Å². The Balaban J connectivity index is 2.50. The van der Waals surface area contributed by atoms with Gasteiger partial charge in [0.2, 0.25) is 10.0 Å². The van der Waals surface area contributed by atoms with Gasteiger partial charge in [0.25, 0.3) is 5.89 Å². The molecule has 2 rings (SSSR count). The van der Waals surface area contributed by atoms with Crippen molar-refractivity contribution in [3.05, 3.63) is 36.7 Å². The molecule has 8 heteroatoms. The van der Waals surface area contributed by atoms with Gasteiger partial charge in [-0.15, -0.1) is 6.58 Å². The molecule has 1 heterocycles. The minimum absolute atomic E-state index is 0.000188. The van der Waals surface area contributed by atoms with E-state index in [2.05, 4.69) is 21.4 Å². The van der Waals surface area contributed by atoms with E-state index >= 15 is 0 Å². The molecule has 0 unspecified atom stereocenters. The molecule has 112 valence electrons. The maximum atomic E-state index is 12.3. The third kappa shape index (κ3) is 3.29. The first kappa shape index (κ1) is 15.2. The van der Waals surface area contributed by atoms with Gasteiger partial charge < -0.3 is 9.26 Å². The molecule has 0 radical (unpaired) electrons. The van der Waals surface area contributed by atoms with Crippen molar-refractivity contribution in [1.82, 2.24) is 14.9 Å². The molecule has 0 amide bonds. The highest BCUT2D eigenvalue weighted by Crippen LogP contribution is 2.29. The predicted octanol–water partition coefficient (Wildman–Crippen LogP) is 1.52. The van der Waals surface area contributed by atoms with Crippen LogP contribution in [0, 0.1) is 6.92 Å². The van der Waals surface area contributed by atoms with Crippen LogP contribution in [-0.2, 0) is 10.0 Å². The number of nitrogens with zero attached hydrogens (tertiary/aromatic N) is 2. The number of aryl methyl sites for hydroxylation is 1. The number of nitrogens with one attached hydrogen (secondary N) is 1. The largest absolute Gasteiger partial charge is 0.495 e. The SMILES string of the molecule is C=CCNS(=O)(=O)c1cc(-c2nc(C)no2)ccc1OC. The Bertz CT molecular complexity index is 753. The van der Waals surface area contributed by atoms with Gasteiger partial charge in [0.1, 0.15) is 10.6 Å². The third-order valence-electron chi connectivity index (χ3n) is 2.65. The normalized spacial score (nSPS) is 11.3. The van der Waals surface area contributed by atoms with Crippen molar-refractivity contribution in [2.45, 2.75) is 11.8 Å². The van der Waals surface area contributed by atoms with Gasteiger partial charge in [-0.05, 0) is 25.1 Å². The van der Waals surface area contributed by atoms with E-state index in [-0.39, 0.29) is 23.1 Å². The monoisotopic (exact) mass is 309 g/mol. The summed E-state index contributed by atoms with van der Waals surface area (Å²) in [7, 11) is -2.32. The van der Waals surface area contributed by atoms with E-state index in [4.69, 9.17) is 9.26 Å². The van der Waals surface area contributed by atoms with E-state index in [0.717, 1.165) is 0 Å². The molecule has 21 heavy (non-hydrogen) atoms. The van der Waals surface area contributed by atoms with Gasteiger partial charge in [-0.3, -0.25) is 0 Å². The summed E-state index contributed by atoms with van der Waals surface area (Å²) in [6.45, 7) is 5.28. The molecule has 0 aliphatic carbocycles. The van der Waals surface area contributed by atoms with Crippen LogP contribution in [0.1, 0.15) is 5.82 Å². The molecule has 0 spiro atoms. The molecule has 1 aromatic carbocycles. The Labute approximate surface area is 122 Å². The van der Waals surface area contributed by atoms with Gasteiger partial charge in [0, 0.05) is 12.1 Å². The number of hydrogen-bond donors (Lipinski definition) is 1. The number of benzene rings is 1. The lowest BCUT2D eigenvalue weighted by Gasteiger charge is -2.10. The minimum Gasteiger partial charge on any atom is -0.495 e. The van der Waals surface area contributed by atoms with Crippen molar-refractivity contribution in [3.8, 4) is 17.2 Å². The zero-order valence-corrected chi connectivity index (χ0v) is 12.5. The van der Waals surface area contributed by atoms with E-state index in [0.29, 0.717) is 11.4 Å². The van der Waals surface area contributed by atoms with Crippen molar-refractivity contribution < 1.29 is 17.7 Å². The first-order valence-electron chi connectivity index (χ1n) is 6.07. The summed E-state index contributed by atoms with van der Waals surface area (Å²) in [4.78, 5) is 4.07. The number of ether oxygens (including phenoxy) is 1. The topological polar surface area (TPSA) is 94.3 Å². The Hall–Kier alpha value is -2.19. The number of sulfonamides is 1. The highest BCUT2D eigenvalue weighted by Gasteiger charge is 2.21. The molecule has 0 saturated heterocycles. The summed E-state index contributed by atoms with van der Waals surface area (Å²) in [6, 6.07) is 4.62. The lowest BCUT2D eigenvalue weighted by molar-refractivity contribution is 0.402. The van der Waals surface area contributed by atoms with E-state index in [1.54, 1.807) is 13.0 Å². The van der Waals surface area contributed by atoms with Crippen LogP contribution in [0.2, 0.25) is 0 Å². The van der Waals surface area contributed by atoms with Gasteiger partial charge in [0.05, 0.1) is 7.11 Å². The first-order chi connectivity index (χ1) is 9.97. The zero-order valence-electron chi connectivity index (χ0n) is 11.7. The van der Waals surface area contributed by atoms with E-state index in [9.17, 15) is 8.42 Å². The Morgan fingerprint density at radius 2 is 2.24 bits per heavy atom. The molecule has 0 bridgehead atoms. The standard InChI is InChI=1S/C13H15N3O4S/c1-4-7-14-21(17,18)12-8-10(5-6-11(12)19-3)13-15-9(2)16-20-13/h4-6,8,14H,1,7H2,2-3H3. The maximum Gasteiger partial charge on any atom is 0.257 e. The van der Waals surface area contributed by atoms with Gasteiger partial charge in [-0.25, -0.2) is 13.1 Å². The van der Waals surface area contributed by atoms with Crippen LogP contribution in [0.5, 0.6) is 5.75 Å². The smallest absolute Gasteiger partial charge is 0.257 e. The van der Waals surface area contributed by atoms with Crippen LogP contribution < -0.4 is 9.46 Å². The zero-order chi connectivity index (χ0) is 15.5. The van der Waals surface area contributed by atoms with E-state index < -0.39 is 10.0 Å². The van der Waals surface area contributed by atoms with Crippen LogP contribution in [0.4, 0.5) is 0 Å². The molecule has 2 aromatic rings. The van der Waals surface area contributed by atoms with Crippen LogP contribution in [-0.4, -0.2) is 32.2 Å². The molecule has 0 saturated carbocycles. The fourth-order valence-corrected chi connectivity index (χ4v) is 2.87. The predicted molar refractivity (Wildman–Crippen MR) is 76.4 cm³/mol. The first-order valence-corrected chi connectivity index (χ1v) is 7.55. The van der Waals surface area contributed by atoms with Gasteiger partial charge in [-0.1, -0.05) is 11.2 Å². The quantitative estimate of drug-likeness (QED) is 0.813. The molecular weight excluding hydrogens is 294 g/mol. The average Bonchev–Trinajstić information content (AvgIpc) is 2.91. The summed E-state index contributed by atoms with van der Waals surface area (Å²) in [6.07, 6.45) is 1.45. The number of hydrogen-bond acceptors (Lipinski definition) is 6. The fourth-order valence-electron chi connectivity index (χ4n) is 1.68. The van der Waals surface area contributed by atoms with Crippen molar-refractivity contribution in [2.24, 2.45) is 0 Å². The molecule has 1 N–H and O–H groups in total. The molecule has 0 fully saturated rings. The van der Waals surface area contributed by atoms with Crippen molar-refractivity contribution >= 4 is 10.0 Å². The summed E-state index contributed by atoms with van der Waals surface area (Å²) < 4.78 is 37.0. The molecule has 0 atom stereocenters.